The summed E-state index contributed by atoms with van der Waals surface area (Å²) in [5.74, 6) is 0.177. The van der Waals surface area contributed by atoms with Crippen LogP contribution in [-0.2, 0) is 20.9 Å². The molecule has 2 atom stereocenters. The van der Waals surface area contributed by atoms with Crippen molar-refractivity contribution in [1.29, 1.82) is 0 Å². The van der Waals surface area contributed by atoms with Gasteiger partial charge in [-0.1, -0.05) is 18.6 Å². The third-order valence-corrected chi connectivity index (χ3v) is 5.26. The number of hydrogen-bond acceptors (Lipinski definition) is 4. The zero-order chi connectivity index (χ0) is 17.1. The average Bonchev–Trinajstić information content (AvgIpc) is 2.59. The first kappa shape index (κ1) is 16.7. The van der Waals surface area contributed by atoms with E-state index < -0.39 is 0 Å². The molecule has 3 rings (SSSR count). The Morgan fingerprint density at radius 2 is 1.75 bits per heavy atom. The molecule has 0 saturated heterocycles. The maximum atomic E-state index is 12.4. The molecule has 128 valence electrons. The molecule has 0 spiro atoms. The van der Waals surface area contributed by atoms with Crippen molar-refractivity contribution in [3.05, 3.63) is 35.4 Å². The van der Waals surface area contributed by atoms with E-state index in [0.717, 1.165) is 24.8 Å². The van der Waals surface area contributed by atoms with Crippen LogP contribution < -0.4 is 5.32 Å². The van der Waals surface area contributed by atoms with Crippen molar-refractivity contribution in [1.82, 2.24) is 5.32 Å². The van der Waals surface area contributed by atoms with Crippen LogP contribution in [0.3, 0.4) is 0 Å². The summed E-state index contributed by atoms with van der Waals surface area (Å²) in [5, 5.41) is 2.97. The van der Waals surface area contributed by atoms with Crippen molar-refractivity contribution in [2.75, 3.05) is 7.11 Å². The molecule has 0 heterocycles. The van der Waals surface area contributed by atoms with Crippen LogP contribution >= 0.6 is 0 Å². The first-order valence-corrected chi connectivity index (χ1v) is 8.57. The summed E-state index contributed by atoms with van der Waals surface area (Å²) >= 11 is 0. The van der Waals surface area contributed by atoms with Crippen LogP contribution in [0.15, 0.2) is 24.3 Å². The van der Waals surface area contributed by atoms with E-state index in [1.807, 2.05) is 12.1 Å². The van der Waals surface area contributed by atoms with Crippen LogP contribution in [-0.4, -0.2) is 24.8 Å². The van der Waals surface area contributed by atoms with Gasteiger partial charge in [0, 0.05) is 24.3 Å². The summed E-state index contributed by atoms with van der Waals surface area (Å²) in [6.07, 6.45) is 4.38. The molecule has 24 heavy (non-hydrogen) atoms. The minimum atomic E-state index is -0.371. The largest absolute Gasteiger partial charge is 0.465 e. The molecule has 2 unspecified atom stereocenters. The predicted molar refractivity (Wildman–Crippen MR) is 88.2 cm³/mol. The highest BCUT2D eigenvalue weighted by Crippen LogP contribution is 2.40. The molecular formula is C19H23NO4. The van der Waals surface area contributed by atoms with E-state index >= 15 is 0 Å². The number of esters is 1. The quantitative estimate of drug-likeness (QED) is 0.862. The summed E-state index contributed by atoms with van der Waals surface area (Å²) in [5.41, 5.74) is 1.43. The molecular weight excluding hydrogens is 306 g/mol. The van der Waals surface area contributed by atoms with Gasteiger partial charge in [-0.15, -0.1) is 0 Å². The van der Waals surface area contributed by atoms with Gasteiger partial charge in [0.15, 0.2) is 0 Å². The first-order valence-electron chi connectivity index (χ1n) is 8.57. The molecule has 1 aromatic carbocycles. The minimum Gasteiger partial charge on any atom is -0.465 e. The van der Waals surface area contributed by atoms with Crippen molar-refractivity contribution in [2.45, 2.75) is 38.6 Å². The van der Waals surface area contributed by atoms with E-state index in [1.165, 1.54) is 7.11 Å². The summed E-state index contributed by atoms with van der Waals surface area (Å²) in [6, 6.07) is 7.01. The van der Waals surface area contributed by atoms with Crippen molar-refractivity contribution in [3.8, 4) is 0 Å². The maximum absolute atomic E-state index is 12.4. The van der Waals surface area contributed by atoms with E-state index in [2.05, 4.69) is 10.1 Å². The van der Waals surface area contributed by atoms with Gasteiger partial charge in [-0.25, -0.2) is 4.79 Å². The molecule has 1 aromatic rings. The monoisotopic (exact) mass is 329 g/mol. The summed E-state index contributed by atoms with van der Waals surface area (Å²) in [6.45, 7) is 0.431. The molecule has 0 radical (unpaired) electrons. The Morgan fingerprint density at radius 3 is 2.33 bits per heavy atom. The van der Waals surface area contributed by atoms with Gasteiger partial charge in [-0.05, 0) is 43.4 Å². The minimum absolute atomic E-state index is 0.0384. The highest BCUT2D eigenvalue weighted by molar-refractivity contribution is 5.89. The van der Waals surface area contributed by atoms with E-state index in [-0.39, 0.29) is 29.6 Å². The second-order valence-corrected chi connectivity index (χ2v) is 6.80. The van der Waals surface area contributed by atoms with E-state index in [0.29, 0.717) is 30.7 Å². The number of carbonyl (C=O) groups excluding carboxylic acids is 3. The van der Waals surface area contributed by atoms with Crippen LogP contribution in [0.4, 0.5) is 0 Å². The van der Waals surface area contributed by atoms with Crippen LogP contribution in [0.1, 0.15) is 48.0 Å². The third-order valence-electron chi connectivity index (χ3n) is 5.26. The molecule has 2 bridgehead atoms. The standard InChI is InChI=1S/C19H23NO4/c1-24-19(23)13-7-5-12(6-8-13)11-20-18(22)16-9-14-3-2-4-15(10-16)17(14)21/h5-8,14-16H,2-4,9-11H2,1H3,(H,20,22). The lowest BCUT2D eigenvalue weighted by Gasteiger charge is -2.36. The molecule has 5 heteroatoms. The molecule has 2 saturated carbocycles. The van der Waals surface area contributed by atoms with Gasteiger partial charge >= 0.3 is 5.97 Å². The number of fused-ring (bicyclic) bond motifs is 2. The molecule has 0 aromatic heterocycles. The smallest absolute Gasteiger partial charge is 0.337 e. The van der Waals surface area contributed by atoms with Gasteiger partial charge in [0.2, 0.25) is 5.91 Å². The number of rotatable bonds is 4. The molecule has 2 aliphatic carbocycles. The molecule has 2 aliphatic rings. The van der Waals surface area contributed by atoms with Crippen LogP contribution in [0.2, 0.25) is 0 Å². The van der Waals surface area contributed by atoms with Gasteiger partial charge in [-0.2, -0.15) is 0 Å². The number of methoxy groups -OCH3 is 1. The fourth-order valence-electron chi connectivity index (χ4n) is 3.90. The topological polar surface area (TPSA) is 72.5 Å². The normalized spacial score (nSPS) is 25.9. The molecule has 1 N–H and O–H groups in total. The van der Waals surface area contributed by atoms with Gasteiger partial charge in [0.05, 0.1) is 12.7 Å². The Balaban J connectivity index is 1.54. The maximum Gasteiger partial charge on any atom is 0.337 e. The third kappa shape index (κ3) is 3.50. The number of carbonyl (C=O) groups is 3. The lowest BCUT2D eigenvalue weighted by atomic mass is 9.67. The Kier molecular flexibility index (Phi) is 4.97. The van der Waals surface area contributed by atoms with E-state index in [1.54, 1.807) is 12.1 Å². The van der Waals surface area contributed by atoms with Crippen molar-refractivity contribution in [2.24, 2.45) is 17.8 Å². The predicted octanol–water partition coefficient (Wildman–Crippen LogP) is 2.48. The number of amides is 1. The molecule has 0 aliphatic heterocycles. The van der Waals surface area contributed by atoms with Gasteiger partial charge in [0.25, 0.3) is 0 Å². The van der Waals surface area contributed by atoms with Gasteiger partial charge < -0.3 is 10.1 Å². The number of hydrogen-bond donors (Lipinski definition) is 1. The van der Waals surface area contributed by atoms with Crippen LogP contribution in [0, 0.1) is 17.8 Å². The first-order chi connectivity index (χ1) is 11.6. The Bertz CT molecular complexity index is 621. The number of ketones is 1. The van der Waals surface area contributed by atoms with E-state index in [4.69, 9.17) is 0 Å². The van der Waals surface area contributed by atoms with E-state index in [9.17, 15) is 14.4 Å². The highest BCUT2D eigenvalue weighted by atomic mass is 16.5. The lowest BCUT2D eigenvalue weighted by molar-refractivity contribution is -0.137. The Labute approximate surface area is 141 Å². The average molecular weight is 329 g/mol. The van der Waals surface area contributed by atoms with Crippen molar-refractivity contribution in [3.63, 3.8) is 0 Å². The summed E-state index contributed by atoms with van der Waals surface area (Å²) < 4.78 is 4.66. The van der Waals surface area contributed by atoms with Gasteiger partial charge in [-0.3, -0.25) is 9.59 Å². The fraction of sp³-hybridized carbons (Fsp3) is 0.526. The zero-order valence-corrected chi connectivity index (χ0v) is 13.9. The number of ether oxygens (including phenoxy) is 1. The second kappa shape index (κ2) is 7.16. The van der Waals surface area contributed by atoms with Crippen LogP contribution in [0.25, 0.3) is 0 Å². The Morgan fingerprint density at radius 1 is 1.12 bits per heavy atom. The Hall–Kier alpha value is -2.17. The number of Topliss-reactive ketones (excluding diaryl/α,β-unsaturated/α-hetero) is 1. The summed E-state index contributed by atoms with van der Waals surface area (Å²) in [4.78, 5) is 35.9. The molecule has 5 nitrogen and oxygen atoms in total. The van der Waals surface area contributed by atoms with Crippen molar-refractivity contribution < 1.29 is 19.1 Å². The SMILES string of the molecule is COC(=O)c1ccc(CNC(=O)C2CC3CCCC(C2)C3=O)cc1. The van der Waals surface area contributed by atoms with Crippen LogP contribution in [0.5, 0.6) is 0 Å². The number of benzene rings is 1. The lowest BCUT2D eigenvalue weighted by Crippen LogP contribution is -2.42. The van der Waals surface area contributed by atoms with Crippen molar-refractivity contribution >= 4 is 17.7 Å². The number of nitrogens with one attached hydrogen (secondary N) is 1. The second-order valence-electron chi connectivity index (χ2n) is 6.80. The summed E-state index contributed by atoms with van der Waals surface area (Å²) in [7, 11) is 1.35. The fourth-order valence-corrected chi connectivity index (χ4v) is 3.90. The molecule has 2 fully saturated rings. The zero-order valence-electron chi connectivity index (χ0n) is 13.9. The van der Waals surface area contributed by atoms with Gasteiger partial charge in [0.1, 0.15) is 5.78 Å². The highest BCUT2D eigenvalue weighted by Gasteiger charge is 2.41. The molecule has 1 amide bonds.